The number of hydrogen-bond acceptors (Lipinski definition) is 3. The van der Waals surface area contributed by atoms with E-state index in [2.05, 4.69) is 19.2 Å². The first-order valence-corrected chi connectivity index (χ1v) is 6.09. The summed E-state index contributed by atoms with van der Waals surface area (Å²) in [6.07, 6.45) is 6.08. The van der Waals surface area contributed by atoms with Crippen molar-refractivity contribution in [3.63, 3.8) is 0 Å². The molecule has 0 aromatic carbocycles. The van der Waals surface area contributed by atoms with Crippen LogP contribution in [0.4, 0.5) is 0 Å². The number of rotatable bonds is 4. The molecule has 1 saturated heterocycles. The third kappa shape index (κ3) is 2.52. The van der Waals surface area contributed by atoms with E-state index < -0.39 is 0 Å². The highest BCUT2D eigenvalue weighted by Crippen LogP contribution is 2.33. The molecule has 88 valence electrons. The molecule has 3 heteroatoms. The van der Waals surface area contributed by atoms with Crippen molar-refractivity contribution in [2.45, 2.75) is 63.2 Å². The summed E-state index contributed by atoms with van der Waals surface area (Å²) in [6.45, 7) is 5.46. The summed E-state index contributed by atoms with van der Waals surface area (Å²) in [5, 5.41) is 12.8. The monoisotopic (exact) mass is 213 g/mol. The van der Waals surface area contributed by atoms with E-state index in [-0.39, 0.29) is 17.7 Å². The van der Waals surface area contributed by atoms with E-state index in [1.54, 1.807) is 0 Å². The lowest BCUT2D eigenvalue weighted by molar-refractivity contribution is -0.0229. The van der Waals surface area contributed by atoms with Crippen molar-refractivity contribution in [3.8, 4) is 0 Å². The largest absolute Gasteiger partial charge is 0.394 e. The predicted molar refractivity (Wildman–Crippen MR) is 59.9 cm³/mol. The standard InChI is InChI=1S/C12H23NO2/c1-11(2)7-4-10(15-11)8-13-12(9-14)5-3-6-12/h10,13-14H,3-9H2,1-2H3. The molecule has 2 N–H and O–H groups in total. The molecule has 0 aromatic heterocycles. The fourth-order valence-electron chi connectivity index (χ4n) is 2.55. The third-order valence-electron chi connectivity index (χ3n) is 3.87. The number of aliphatic hydroxyl groups is 1. The minimum atomic E-state index is 0.0239. The maximum Gasteiger partial charge on any atom is 0.0708 e. The van der Waals surface area contributed by atoms with E-state index in [1.165, 1.54) is 6.42 Å². The van der Waals surface area contributed by atoms with Crippen LogP contribution in [-0.4, -0.2) is 35.5 Å². The Morgan fingerprint density at radius 3 is 2.47 bits per heavy atom. The lowest BCUT2D eigenvalue weighted by atomic mass is 9.77. The Morgan fingerprint density at radius 1 is 1.33 bits per heavy atom. The van der Waals surface area contributed by atoms with E-state index in [9.17, 15) is 5.11 Å². The first kappa shape index (κ1) is 11.4. The van der Waals surface area contributed by atoms with E-state index >= 15 is 0 Å². The highest BCUT2D eigenvalue weighted by Gasteiger charge is 2.38. The Hall–Kier alpha value is -0.120. The molecule has 1 unspecified atom stereocenters. The molecule has 15 heavy (non-hydrogen) atoms. The molecule has 0 amide bonds. The summed E-state index contributed by atoms with van der Waals surface area (Å²) >= 11 is 0. The molecular weight excluding hydrogens is 190 g/mol. The van der Waals surface area contributed by atoms with Crippen LogP contribution >= 0.6 is 0 Å². The molecule has 3 nitrogen and oxygen atoms in total. The molecule has 1 aliphatic carbocycles. The summed E-state index contributed by atoms with van der Waals surface area (Å²) in [4.78, 5) is 0. The van der Waals surface area contributed by atoms with Crippen molar-refractivity contribution in [2.75, 3.05) is 13.2 Å². The molecule has 2 rings (SSSR count). The number of nitrogens with one attached hydrogen (secondary N) is 1. The van der Waals surface area contributed by atoms with E-state index in [1.807, 2.05) is 0 Å². The second-order valence-electron chi connectivity index (χ2n) is 5.71. The molecule has 1 atom stereocenters. The van der Waals surface area contributed by atoms with E-state index in [4.69, 9.17) is 4.74 Å². The average Bonchev–Trinajstić information content (AvgIpc) is 2.45. The fraction of sp³-hybridized carbons (Fsp3) is 1.00. The first-order chi connectivity index (χ1) is 7.05. The molecule has 1 aliphatic heterocycles. The Morgan fingerprint density at radius 2 is 2.07 bits per heavy atom. The predicted octanol–water partition coefficient (Wildman–Crippen LogP) is 1.45. The summed E-state index contributed by atoms with van der Waals surface area (Å²) in [5.74, 6) is 0. The molecule has 0 aromatic rings. The minimum Gasteiger partial charge on any atom is -0.394 e. The second-order valence-corrected chi connectivity index (χ2v) is 5.71. The van der Waals surface area contributed by atoms with Crippen molar-refractivity contribution in [2.24, 2.45) is 0 Å². The number of aliphatic hydroxyl groups excluding tert-OH is 1. The molecular formula is C12H23NO2. The van der Waals surface area contributed by atoms with Gasteiger partial charge >= 0.3 is 0 Å². The Bertz CT molecular complexity index is 218. The van der Waals surface area contributed by atoms with Gasteiger partial charge in [-0.05, 0) is 46.0 Å². The highest BCUT2D eigenvalue weighted by atomic mass is 16.5. The quantitative estimate of drug-likeness (QED) is 0.742. The van der Waals surface area contributed by atoms with Gasteiger partial charge in [0.05, 0.1) is 18.3 Å². The van der Waals surface area contributed by atoms with Gasteiger partial charge in [0.2, 0.25) is 0 Å². The van der Waals surface area contributed by atoms with Crippen LogP contribution in [-0.2, 0) is 4.74 Å². The topological polar surface area (TPSA) is 41.5 Å². The number of ether oxygens (including phenoxy) is 1. The number of hydrogen-bond donors (Lipinski definition) is 2. The summed E-state index contributed by atoms with van der Waals surface area (Å²) in [6, 6.07) is 0. The molecule has 2 aliphatic rings. The lowest BCUT2D eigenvalue weighted by Gasteiger charge is -2.42. The molecule has 1 heterocycles. The SMILES string of the molecule is CC1(C)CCC(CNC2(CO)CCC2)O1. The van der Waals surface area contributed by atoms with Crippen LogP contribution < -0.4 is 5.32 Å². The fourth-order valence-corrected chi connectivity index (χ4v) is 2.55. The third-order valence-corrected chi connectivity index (χ3v) is 3.87. The van der Waals surface area contributed by atoms with Crippen molar-refractivity contribution >= 4 is 0 Å². The molecule has 0 radical (unpaired) electrons. The van der Waals surface area contributed by atoms with Gasteiger partial charge in [0.15, 0.2) is 0 Å². The van der Waals surface area contributed by atoms with Gasteiger partial charge < -0.3 is 15.2 Å². The van der Waals surface area contributed by atoms with Crippen molar-refractivity contribution in [1.82, 2.24) is 5.32 Å². The van der Waals surface area contributed by atoms with Gasteiger partial charge in [-0.15, -0.1) is 0 Å². The van der Waals surface area contributed by atoms with Crippen molar-refractivity contribution < 1.29 is 9.84 Å². The minimum absolute atomic E-state index is 0.0239. The van der Waals surface area contributed by atoms with Crippen LogP contribution in [0.2, 0.25) is 0 Å². The molecule has 0 bridgehead atoms. The van der Waals surface area contributed by atoms with Crippen molar-refractivity contribution in [1.29, 1.82) is 0 Å². The summed E-state index contributed by atoms with van der Waals surface area (Å²) < 4.78 is 5.91. The van der Waals surface area contributed by atoms with Crippen LogP contribution in [0.1, 0.15) is 46.0 Å². The molecule has 0 spiro atoms. The van der Waals surface area contributed by atoms with Crippen LogP contribution in [0.15, 0.2) is 0 Å². The first-order valence-electron chi connectivity index (χ1n) is 6.09. The molecule has 1 saturated carbocycles. The van der Waals surface area contributed by atoms with Gasteiger partial charge in [0.1, 0.15) is 0 Å². The summed E-state index contributed by atoms with van der Waals surface area (Å²) in [5.41, 5.74) is 0.0778. The van der Waals surface area contributed by atoms with Crippen LogP contribution in [0.3, 0.4) is 0 Å². The van der Waals surface area contributed by atoms with Gasteiger partial charge in [-0.2, -0.15) is 0 Å². The van der Waals surface area contributed by atoms with Gasteiger partial charge in [-0.3, -0.25) is 0 Å². The van der Waals surface area contributed by atoms with Gasteiger partial charge in [0.25, 0.3) is 0 Å². The Kier molecular flexibility index (Phi) is 3.06. The van der Waals surface area contributed by atoms with Crippen LogP contribution in [0, 0.1) is 0 Å². The van der Waals surface area contributed by atoms with Crippen LogP contribution in [0.25, 0.3) is 0 Å². The van der Waals surface area contributed by atoms with Gasteiger partial charge in [0, 0.05) is 12.1 Å². The van der Waals surface area contributed by atoms with E-state index in [0.717, 1.165) is 32.2 Å². The van der Waals surface area contributed by atoms with Gasteiger partial charge in [-0.1, -0.05) is 0 Å². The Balaban J connectivity index is 1.74. The lowest BCUT2D eigenvalue weighted by Crippen LogP contribution is -2.55. The average molecular weight is 213 g/mol. The second kappa shape index (κ2) is 4.04. The maximum atomic E-state index is 9.31. The van der Waals surface area contributed by atoms with E-state index in [0.29, 0.717) is 6.10 Å². The molecule has 2 fully saturated rings. The summed E-state index contributed by atoms with van der Waals surface area (Å²) in [7, 11) is 0. The van der Waals surface area contributed by atoms with Crippen molar-refractivity contribution in [3.05, 3.63) is 0 Å². The zero-order valence-corrected chi connectivity index (χ0v) is 9.88. The normalized spacial score (nSPS) is 32.6. The van der Waals surface area contributed by atoms with Gasteiger partial charge in [-0.25, -0.2) is 0 Å². The highest BCUT2D eigenvalue weighted by molar-refractivity contribution is 4.96. The Labute approximate surface area is 92.2 Å². The zero-order valence-electron chi connectivity index (χ0n) is 9.88. The van der Waals surface area contributed by atoms with Crippen LogP contribution in [0.5, 0.6) is 0 Å². The smallest absolute Gasteiger partial charge is 0.0708 e. The maximum absolute atomic E-state index is 9.31. The zero-order chi connectivity index (χ0) is 10.9.